The Morgan fingerprint density at radius 3 is 2.69 bits per heavy atom. The molecule has 0 aromatic heterocycles. The Balaban J connectivity index is 1.98. The minimum atomic E-state index is -1.55. The third-order valence-electron chi connectivity index (χ3n) is 5.76. The van der Waals surface area contributed by atoms with Gasteiger partial charge in [0.2, 0.25) is 0 Å². The van der Waals surface area contributed by atoms with E-state index in [2.05, 4.69) is 0 Å². The van der Waals surface area contributed by atoms with Crippen LogP contribution in [-0.4, -0.2) is 17.4 Å². The molecule has 26 heavy (non-hydrogen) atoms. The highest BCUT2D eigenvalue weighted by Gasteiger charge is 2.41. The van der Waals surface area contributed by atoms with E-state index in [0.717, 1.165) is 44.1 Å². The van der Waals surface area contributed by atoms with Crippen LogP contribution in [0.25, 0.3) is 5.57 Å². The Labute approximate surface area is 152 Å². The number of hydrogen-bond acceptors (Lipinski definition) is 3. The first-order chi connectivity index (χ1) is 12.5. The van der Waals surface area contributed by atoms with Crippen LogP contribution in [0.4, 0.5) is 4.39 Å². The summed E-state index contributed by atoms with van der Waals surface area (Å²) in [7, 11) is 0. The maximum Gasteiger partial charge on any atom is 0.308 e. The maximum atomic E-state index is 15.5. The van der Waals surface area contributed by atoms with Crippen LogP contribution >= 0.6 is 0 Å². The average Bonchev–Trinajstić information content (AvgIpc) is 2.62. The van der Waals surface area contributed by atoms with E-state index in [1.165, 1.54) is 24.6 Å². The van der Waals surface area contributed by atoms with E-state index < -0.39 is 11.6 Å². The first-order valence-corrected chi connectivity index (χ1v) is 9.49. The van der Waals surface area contributed by atoms with Gasteiger partial charge in [0, 0.05) is 18.1 Å². The van der Waals surface area contributed by atoms with Crippen LogP contribution in [0.2, 0.25) is 0 Å². The molecule has 0 radical (unpaired) electrons. The van der Waals surface area contributed by atoms with E-state index in [1.54, 1.807) is 6.07 Å². The number of alkyl halides is 1. The van der Waals surface area contributed by atoms with Gasteiger partial charge in [0.15, 0.2) is 11.5 Å². The Kier molecular flexibility index (Phi) is 4.29. The van der Waals surface area contributed by atoms with Gasteiger partial charge in [-0.25, -0.2) is 4.39 Å². The van der Waals surface area contributed by atoms with Gasteiger partial charge in [0.1, 0.15) is 5.75 Å². The maximum absolute atomic E-state index is 15.5. The molecular weight excluding hydrogens is 331 g/mol. The van der Waals surface area contributed by atoms with Crippen molar-refractivity contribution in [3.05, 3.63) is 46.5 Å². The Hall–Kier alpha value is -2.23. The fourth-order valence-electron chi connectivity index (χ4n) is 4.59. The van der Waals surface area contributed by atoms with Gasteiger partial charge in [-0.2, -0.15) is 0 Å². The molecule has 1 aromatic carbocycles. The summed E-state index contributed by atoms with van der Waals surface area (Å²) in [5.74, 6) is -0.221. The molecule has 0 amide bonds. The van der Waals surface area contributed by atoms with E-state index in [9.17, 15) is 9.59 Å². The van der Waals surface area contributed by atoms with Gasteiger partial charge in [0.25, 0.3) is 0 Å². The number of carbonyl (C=O) groups excluding carboxylic acids is 2. The lowest BCUT2D eigenvalue weighted by atomic mass is 9.72. The molecule has 0 aliphatic heterocycles. The zero-order valence-corrected chi connectivity index (χ0v) is 15.1. The van der Waals surface area contributed by atoms with Crippen LogP contribution in [0, 0.1) is 0 Å². The lowest BCUT2D eigenvalue weighted by Crippen LogP contribution is -2.32. The first-order valence-electron chi connectivity index (χ1n) is 9.49. The normalized spacial score (nSPS) is 24.9. The van der Waals surface area contributed by atoms with E-state index >= 15 is 4.39 Å². The fraction of sp³-hybridized carbons (Fsp3) is 0.455. The van der Waals surface area contributed by atoms with E-state index in [-0.39, 0.29) is 5.78 Å². The van der Waals surface area contributed by atoms with Crippen molar-refractivity contribution in [2.24, 2.45) is 0 Å². The number of halogens is 1. The molecule has 1 saturated carbocycles. The van der Waals surface area contributed by atoms with Crippen LogP contribution in [0.1, 0.15) is 62.1 Å². The molecule has 3 nitrogen and oxygen atoms in total. The lowest BCUT2D eigenvalue weighted by molar-refractivity contribution is -0.132. The van der Waals surface area contributed by atoms with Crippen molar-refractivity contribution in [2.75, 3.05) is 0 Å². The number of ether oxygens (including phenoxy) is 1. The summed E-state index contributed by atoms with van der Waals surface area (Å²) in [6, 6.07) is 3.75. The van der Waals surface area contributed by atoms with Crippen molar-refractivity contribution in [3.63, 3.8) is 0 Å². The second-order valence-corrected chi connectivity index (χ2v) is 7.50. The summed E-state index contributed by atoms with van der Waals surface area (Å²) < 4.78 is 21.0. The second kappa shape index (κ2) is 6.49. The van der Waals surface area contributed by atoms with Crippen molar-refractivity contribution < 1.29 is 18.7 Å². The molecule has 0 N–H and O–H groups in total. The van der Waals surface area contributed by atoms with E-state index in [1.807, 2.05) is 6.07 Å². The number of rotatable bonds is 2. The summed E-state index contributed by atoms with van der Waals surface area (Å²) in [6.07, 6.45) is 9.36. The van der Waals surface area contributed by atoms with Crippen molar-refractivity contribution in [2.45, 2.75) is 64.0 Å². The Bertz CT molecular complexity index is 849. The van der Waals surface area contributed by atoms with E-state index in [4.69, 9.17) is 4.74 Å². The molecular formula is C22H23FO3. The van der Waals surface area contributed by atoms with Gasteiger partial charge >= 0.3 is 5.97 Å². The second-order valence-electron chi connectivity index (χ2n) is 7.50. The van der Waals surface area contributed by atoms with Gasteiger partial charge in [-0.1, -0.05) is 6.07 Å². The summed E-state index contributed by atoms with van der Waals surface area (Å²) in [4.78, 5) is 24.5. The molecule has 136 valence electrons. The summed E-state index contributed by atoms with van der Waals surface area (Å²) in [5.41, 5.74) is 2.35. The standard InChI is InChI=1S/C22H23FO3/c1-14(24)26-19-10-9-15-6-2-3-7-16(15)20(19)21-17-8-4-5-12-22(17,23)13-11-18(21)25/h9-11,13H,2-8,12H2,1H3. The highest BCUT2D eigenvalue weighted by molar-refractivity contribution is 6.29. The topological polar surface area (TPSA) is 43.4 Å². The van der Waals surface area contributed by atoms with Crippen LogP contribution in [0.3, 0.4) is 0 Å². The van der Waals surface area contributed by atoms with Crippen molar-refractivity contribution >= 4 is 17.3 Å². The Morgan fingerprint density at radius 1 is 1.12 bits per heavy atom. The van der Waals surface area contributed by atoms with Crippen LogP contribution in [0.15, 0.2) is 29.9 Å². The molecule has 1 atom stereocenters. The van der Waals surface area contributed by atoms with Gasteiger partial charge in [-0.15, -0.1) is 0 Å². The molecule has 3 aliphatic rings. The van der Waals surface area contributed by atoms with Crippen LogP contribution < -0.4 is 4.74 Å². The molecule has 1 fully saturated rings. The van der Waals surface area contributed by atoms with Crippen LogP contribution in [0.5, 0.6) is 5.75 Å². The SMILES string of the molecule is CC(=O)Oc1ccc2c(c1C1=C3CCCCC3(F)C=CC1=O)CCCC2. The largest absolute Gasteiger partial charge is 0.426 e. The van der Waals surface area contributed by atoms with Crippen molar-refractivity contribution in [1.29, 1.82) is 0 Å². The fourth-order valence-corrected chi connectivity index (χ4v) is 4.59. The summed E-state index contributed by atoms with van der Waals surface area (Å²) in [5, 5.41) is 0. The average molecular weight is 354 g/mol. The zero-order chi connectivity index (χ0) is 18.3. The minimum absolute atomic E-state index is 0.178. The third-order valence-corrected chi connectivity index (χ3v) is 5.76. The predicted octanol–water partition coefficient (Wildman–Crippen LogP) is 4.67. The smallest absolute Gasteiger partial charge is 0.308 e. The molecule has 3 aliphatic carbocycles. The number of ketones is 1. The molecule has 4 heteroatoms. The number of benzene rings is 1. The zero-order valence-electron chi connectivity index (χ0n) is 15.1. The van der Waals surface area contributed by atoms with Crippen molar-refractivity contribution in [3.8, 4) is 5.75 Å². The molecule has 1 unspecified atom stereocenters. The highest BCUT2D eigenvalue weighted by Crippen LogP contribution is 2.48. The number of aryl methyl sites for hydroxylation is 1. The van der Waals surface area contributed by atoms with Gasteiger partial charge < -0.3 is 4.74 Å². The number of hydrogen-bond donors (Lipinski definition) is 0. The number of allylic oxidation sites excluding steroid dienone is 4. The van der Waals surface area contributed by atoms with Gasteiger partial charge in [-0.3, -0.25) is 9.59 Å². The molecule has 0 heterocycles. The highest BCUT2D eigenvalue weighted by atomic mass is 19.1. The lowest BCUT2D eigenvalue weighted by Gasteiger charge is -2.35. The molecule has 0 spiro atoms. The molecule has 4 rings (SSSR count). The predicted molar refractivity (Wildman–Crippen MR) is 97.8 cm³/mol. The summed E-state index contributed by atoms with van der Waals surface area (Å²) >= 11 is 0. The quantitative estimate of drug-likeness (QED) is 0.573. The number of esters is 1. The Morgan fingerprint density at radius 2 is 1.88 bits per heavy atom. The van der Waals surface area contributed by atoms with Gasteiger partial charge in [-0.05, 0) is 86.3 Å². The van der Waals surface area contributed by atoms with Crippen LogP contribution in [-0.2, 0) is 22.4 Å². The van der Waals surface area contributed by atoms with E-state index in [0.29, 0.717) is 35.3 Å². The van der Waals surface area contributed by atoms with Gasteiger partial charge in [0.05, 0.1) is 0 Å². The molecule has 0 bridgehead atoms. The third kappa shape index (κ3) is 2.81. The number of fused-ring (bicyclic) bond motifs is 2. The minimum Gasteiger partial charge on any atom is -0.426 e. The monoisotopic (exact) mass is 354 g/mol. The first kappa shape index (κ1) is 17.2. The number of carbonyl (C=O) groups is 2. The molecule has 0 saturated heterocycles. The van der Waals surface area contributed by atoms with Crippen molar-refractivity contribution in [1.82, 2.24) is 0 Å². The molecule has 1 aromatic rings. The summed E-state index contributed by atoms with van der Waals surface area (Å²) in [6.45, 7) is 1.35.